The summed E-state index contributed by atoms with van der Waals surface area (Å²) in [6.45, 7) is -0.0434. The van der Waals surface area contributed by atoms with Crippen LogP contribution in [0.1, 0.15) is 16.1 Å². The summed E-state index contributed by atoms with van der Waals surface area (Å²) in [7, 11) is -4.21. The van der Waals surface area contributed by atoms with Gasteiger partial charge in [-0.25, -0.2) is 23.2 Å². The molecular formula is C17H12Cl2N4O5S. The van der Waals surface area contributed by atoms with Crippen molar-refractivity contribution in [3.05, 3.63) is 70.2 Å². The maximum Gasteiger partial charge on any atom is 0.356 e. The van der Waals surface area contributed by atoms with Crippen molar-refractivity contribution in [1.82, 2.24) is 15.0 Å². The molecule has 2 aromatic heterocycles. The third-order valence-corrected chi connectivity index (χ3v) is 5.81. The van der Waals surface area contributed by atoms with Gasteiger partial charge in [-0.15, -0.1) is 0 Å². The van der Waals surface area contributed by atoms with Crippen LogP contribution in [-0.4, -0.2) is 34.4 Å². The fraction of sp³-hybridized carbons (Fsp3) is 0.0588. The first-order valence-electron chi connectivity index (χ1n) is 7.87. The Kier molecular flexibility index (Phi) is 6.16. The van der Waals surface area contributed by atoms with E-state index in [1.807, 2.05) is 0 Å². The molecule has 2 heterocycles. The molecule has 1 aromatic carbocycles. The van der Waals surface area contributed by atoms with Crippen molar-refractivity contribution in [2.75, 3.05) is 4.72 Å². The predicted molar refractivity (Wildman–Crippen MR) is 105 cm³/mol. The van der Waals surface area contributed by atoms with Gasteiger partial charge >= 0.3 is 5.97 Å². The van der Waals surface area contributed by atoms with E-state index >= 15 is 0 Å². The van der Waals surface area contributed by atoms with Crippen LogP contribution >= 0.6 is 23.2 Å². The van der Waals surface area contributed by atoms with E-state index in [2.05, 4.69) is 19.7 Å². The number of nitrogens with zero attached hydrogens (tertiary/aromatic N) is 3. The Hall–Kier alpha value is -2.95. The molecular weight excluding hydrogens is 443 g/mol. The number of carbonyl (C=O) groups is 1. The van der Waals surface area contributed by atoms with Crippen LogP contribution in [0.15, 0.2) is 53.8 Å². The molecule has 0 aliphatic heterocycles. The lowest BCUT2D eigenvalue weighted by atomic mass is 10.3. The monoisotopic (exact) mass is 454 g/mol. The Morgan fingerprint density at radius 3 is 2.66 bits per heavy atom. The summed E-state index contributed by atoms with van der Waals surface area (Å²) in [5, 5.41) is 9.00. The van der Waals surface area contributed by atoms with Gasteiger partial charge in [0.05, 0.1) is 16.2 Å². The highest BCUT2D eigenvalue weighted by Gasteiger charge is 2.23. The van der Waals surface area contributed by atoms with Gasteiger partial charge in [0.15, 0.2) is 5.69 Å². The number of pyridine rings is 1. The number of benzene rings is 1. The van der Waals surface area contributed by atoms with E-state index in [1.165, 1.54) is 24.4 Å². The molecule has 0 aliphatic carbocycles. The third-order valence-electron chi connectivity index (χ3n) is 3.49. The number of aromatic nitrogens is 3. The van der Waals surface area contributed by atoms with E-state index in [1.54, 1.807) is 18.3 Å². The molecule has 3 aromatic rings. The van der Waals surface area contributed by atoms with Gasteiger partial charge in [-0.1, -0.05) is 35.3 Å². The van der Waals surface area contributed by atoms with E-state index in [-0.39, 0.29) is 33.2 Å². The van der Waals surface area contributed by atoms with Crippen LogP contribution < -0.4 is 9.46 Å². The summed E-state index contributed by atoms with van der Waals surface area (Å²) < 4.78 is 33.1. The lowest BCUT2D eigenvalue weighted by molar-refractivity contribution is 0.0688. The minimum Gasteiger partial charge on any atom is -0.476 e. The van der Waals surface area contributed by atoms with Crippen LogP contribution in [0, 0.1) is 0 Å². The first kappa shape index (κ1) is 20.8. The second-order valence-electron chi connectivity index (χ2n) is 5.52. The zero-order chi connectivity index (χ0) is 21.0. The second-order valence-corrected chi connectivity index (χ2v) is 7.96. The summed E-state index contributed by atoms with van der Waals surface area (Å²) in [6.07, 6.45) is 4.00. The third kappa shape index (κ3) is 4.91. The highest BCUT2D eigenvalue weighted by atomic mass is 35.5. The zero-order valence-corrected chi connectivity index (χ0v) is 16.7. The van der Waals surface area contributed by atoms with Crippen molar-refractivity contribution in [2.24, 2.45) is 0 Å². The number of carboxylic acids is 1. The van der Waals surface area contributed by atoms with E-state index in [4.69, 9.17) is 33.0 Å². The van der Waals surface area contributed by atoms with Crippen molar-refractivity contribution in [3.63, 3.8) is 0 Å². The summed E-state index contributed by atoms with van der Waals surface area (Å²) in [5.41, 5.74) is 0.233. The van der Waals surface area contributed by atoms with Gasteiger partial charge in [0.1, 0.15) is 11.5 Å². The second kappa shape index (κ2) is 8.60. The summed E-state index contributed by atoms with van der Waals surface area (Å²) in [6, 6.07) is 7.51. The van der Waals surface area contributed by atoms with Crippen molar-refractivity contribution in [3.8, 4) is 5.88 Å². The predicted octanol–water partition coefficient (Wildman–Crippen LogP) is 3.26. The van der Waals surface area contributed by atoms with Crippen molar-refractivity contribution in [1.29, 1.82) is 0 Å². The maximum atomic E-state index is 12.7. The van der Waals surface area contributed by atoms with Gasteiger partial charge in [-0.05, 0) is 18.2 Å². The molecule has 29 heavy (non-hydrogen) atoms. The van der Waals surface area contributed by atoms with Crippen LogP contribution in [0.2, 0.25) is 10.0 Å². The average Bonchev–Trinajstić information content (AvgIpc) is 2.69. The minimum absolute atomic E-state index is 0.0434. The number of aromatic carboxylic acids is 1. The highest BCUT2D eigenvalue weighted by molar-refractivity contribution is 7.92. The molecule has 0 saturated carbocycles. The van der Waals surface area contributed by atoms with Gasteiger partial charge in [0.25, 0.3) is 15.9 Å². The number of sulfonamides is 1. The number of halogens is 2. The molecule has 9 nitrogen and oxygen atoms in total. The van der Waals surface area contributed by atoms with Gasteiger partial charge in [0, 0.05) is 18.0 Å². The van der Waals surface area contributed by atoms with Gasteiger partial charge < -0.3 is 9.84 Å². The first-order chi connectivity index (χ1) is 13.8. The molecule has 0 radical (unpaired) electrons. The summed E-state index contributed by atoms with van der Waals surface area (Å²) >= 11 is 11.9. The lowest BCUT2D eigenvalue weighted by Crippen LogP contribution is -2.17. The van der Waals surface area contributed by atoms with E-state index in [0.717, 1.165) is 6.20 Å². The van der Waals surface area contributed by atoms with Crippen molar-refractivity contribution >= 4 is 45.0 Å². The Labute approximate surface area is 175 Å². The number of hydrogen-bond donors (Lipinski definition) is 2. The van der Waals surface area contributed by atoms with Crippen LogP contribution in [-0.2, 0) is 16.6 Å². The van der Waals surface area contributed by atoms with E-state index in [9.17, 15) is 13.2 Å². The van der Waals surface area contributed by atoms with Crippen LogP contribution in [0.25, 0.3) is 0 Å². The smallest absolute Gasteiger partial charge is 0.356 e. The Morgan fingerprint density at radius 1 is 1.17 bits per heavy atom. The Balaban J connectivity index is 1.95. The number of hydrogen-bond acceptors (Lipinski definition) is 7. The molecule has 150 valence electrons. The highest BCUT2D eigenvalue weighted by Crippen LogP contribution is 2.31. The number of carboxylic acid groups (broad SMARTS) is 1. The molecule has 3 rings (SSSR count). The van der Waals surface area contributed by atoms with Crippen LogP contribution in [0.5, 0.6) is 5.88 Å². The molecule has 0 aliphatic rings. The number of rotatable bonds is 7. The zero-order valence-electron chi connectivity index (χ0n) is 14.4. The quantitative estimate of drug-likeness (QED) is 0.555. The van der Waals surface area contributed by atoms with Crippen molar-refractivity contribution < 1.29 is 23.1 Å². The van der Waals surface area contributed by atoms with Gasteiger partial charge in [-0.2, -0.15) is 0 Å². The van der Waals surface area contributed by atoms with Crippen LogP contribution in [0.3, 0.4) is 0 Å². The molecule has 0 atom stereocenters. The average molecular weight is 455 g/mol. The fourth-order valence-electron chi connectivity index (χ4n) is 2.15. The van der Waals surface area contributed by atoms with Crippen molar-refractivity contribution in [2.45, 2.75) is 11.5 Å². The summed E-state index contributed by atoms with van der Waals surface area (Å²) in [5.74, 6) is -1.98. The Bertz CT molecular complexity index is 1160. The first-order valence-corrected chi connectivity index (χ1v) is 10.1. The lowest BCUT2D eigenvalue weighted by Gasteiger charge is -2.13. The Morgan fingerprint density at radius 2 is 1.97 bits per heavy atom. The number of ether oxygens (including phenoxy) is 1. The molecule has 12 heteroatoms. The van der Waals surface area contributed by atoms with Crippen LogP contribution in [0.4, 0.5) is 5.82 Å². The topological polar surface area (TPSA) is 131 Å². The van der Waals surface area contributed by atoms with Gasteiger partial charge in [-0.3, -0.25) is 9.71 Å². The largest absolute Gasteiger partial charge is 0.476 e. The van der Waals surface area contributed by atoms with E-state index in [0.29, 0.717) is 5.56 Å². The maximum absolute atomic E-state index is 12.7. The minimum atomic E-state index is -4.21. The molecule has 0 bridgehead atoms. The summed E-state index contributed by atoms with van der Waals surface area (Å²) in [4.78, 5) is 22.5. The molecule has 0 spiro atoms. The molecule has 0 unspecified atom stereocenters. The SMILES string of the molecule is O=C(O)c1cnc(NS(=O)(=O)c2cccc(Cl)c2Cl)c(OCc2cccnc2)n1. The van der Waals surface area contributed by atoms with E-state index < -0.39 is 21.7 Å². The fourth-order valence-corrected chi connectivity index (χ4v) is 3.92. The molecule has 0 fully saturated rings. The normalized spacial score (nSPS) is 11.1. The molecule has 2 N–H and O–H groups in total. The number of nitrogens with one attached hydrogen (secondary N) is 1. The molecule has 0 saturated heterocycles. The molecule has 0 amide bonds. The standard InChI is InChI=1S/C17H12Cl2N4O5S/c18-11-4-1-5-13(14(11)19)29(26,27)23-15-16(22-12(8-21-15)17(24)25)28-9-10-3-2-6-20-7-10/h1-8H,9H2,(H,21,23)(H,24,25). The van der Waals surface area contributed by atoms with Gasteiger partial charge in [0.2, 0.25) is 5.82 Å². The number of anilines is 1.